The van der Waals surface area contributed by atoms with Crippen LogP contribution in [-0.4, -0.2) is 25.0 Å². The molecule has 1 fully saturated rings. The SMILES string of the molecule is CC(=O)Nc1nc(-c2cccc(C)c2)c(-c2ccc3c(c2)n(C)c(=O)n3C2CCCC2)[nH]1. The molecule has 7 nitrogen and oxygen atoms in total. The molecule has 7 heteroatoms. The third kappa shape index (κ3) is 3.43. The van der Waals surface area contributed by atoms with Crippen molar-refractivity contribution < 1.29 is 4.79 Å². The lowest BCUT2D eigenvalue weighted by Gasteiger charge is -2.11. The van der Waals surface area contributed by atoms with E-state index in [9.17, 15) is 9.59 Å². The molecule has 2 heterocycles. The Kier molecular flexibility index (Phi) is 4.96. The molecule has 5 rings (SSSR count). The van der Waals surface area contributed by atoms with Crippen LogP contribution in [0.5, 0.6) is 0 Å². The highest BCUT2D eigenvalue weighted by Crippen LogP contribution is 2.35. The molecule has 0 atom stereocenters. The monoisotopic (exact) mass is 429 g/mol. The number of aromatic amines is 1. The second-order valence-electron chi connectivity index (χ2n) is 8.71. The van der Waals surface area contributed by atoms with E-state index in [0.717, 1.165) is 52.0 Å². The summed E-state index contributed by atoms with van der Waals surface area (Å²) in [7, 11) is 1.83. The van der Waals surface area contributed by atoms with Crippen molar-refractivity contribution in [3.8, 4) is 22.5 Å². The number of carbonyl (C=O) groups is 1. The van der Waals surface area contributed by atoms with Crippen molar-refractivity contribution >= 4 is 22.9 Å². The van der Waals surface area contributed by atoms with Gasteiger partial charge in [-0.1, -0.05) is 42.7 Å². The molecular formula is C25H27N5O2. The first kappa shape index (κ1) is 20.3. The fraction of sp³-hybridized carbons (Fsp3) is 0.320. The molecule has 1 aliphatic rings. The molecule has 0 bridgehead atoms. The first-order chi connectivity index (χ1) is 15.4. The predicted octanol–water partition coefficient (Wildman–Crippen LogP) is 4.78. The number of nitrogens with one attached hydrogen (secondary N) is 2. The van der Waals surface area contributed by atoms with Crippen molar-refractivity contribution in [3.05, 3.63) is 58.5 Å². The highest BCUT2D eigenvalue weighted by atomic mass is 16.2. The molecular weight excluding hydrogens is 402 g/mol. The molecule has 2 N–H and O–H groups in total. The quantitative estimate of drug-likeness (QED) is 0.490. The highest BCUT2D eigenvalue weighted by Gasteiger charge is 2.23. The van der Waals surface area contributed by atoms with Gasteiger partial charge in [0.05, 0.1) is 22.4 Å². The summed E-state index contributed by atoms with van der Waals surface area (Å²) in [6, 6.07) is 14.5. The fourth-order valence-electron chi connectivity index (χ4n) is 4.84. The molecule has 0 spiro atoms. The van der Waals surface area contributed by atoms with Gasteiger partial charge in [-0.15, -0.1) is 0 Å². The molecule has 4 aromatic rings. The summed E-state index contributed by atoms with van der Waals surface area (Å²) in [6.07, 6.45) is 4.45. The topological polar surface area (TPSA) is 84.7 Å². The van der Waals surface area contributed by atoms with E-state index in [1.54, 1.807) is 4.57 Å². The second kappa shape index (κ2) is 7.82. The van der Waals surface area contributed by atoms with Crippen LogP contribution in [0, 0.1) is 6.92 Å². The number of benzene rings is 2. The minimum Gasteiger partial charge on any atom is -0.323 e. The number of anilines is 1. The minimum atomic E-state index is -0.187. The molecule has 164 valence electrons. The van der Waals surface area contributed by atoms with Crippen LogP contribution in [0.1, 0.15) is 44.2 Å². The van der Waals surface area contributed by atoms with Crippen LogP contribution < -0.4 is 11.0 Å². The number of nitrogens with zero attached hydrogens (tertiary/aromatic N) is 3. The fourth-order valence-corrected chi connectivity index (χ4v) is 4.84. The standard InChI is InChI=1S/C25H27N5O2/c1-15-7-6-8-17(13-15)22-23(28-24(27-22)26-16(2)31)18-11-12-20-21(14-18)29(3)25(32)30(20)19-9-4-5-10-19/h6-8,11-14,19H,4-5,9-10H2,1-3H3,(H2,26,27,28,31). The number of H-pyrrole nitrogens is 1. The van der Waals surface area contributed by atoms with Gasteiger partial charge in [0, 0.05) is 31.1 Å². The van der Waals surface area contributed by atoms with Crippen molar-refractivity contribution in [1.29, 1.82) is 0 Å². The summed E-state index contributed by atoms with van der Waals surface area (Å²) in [4.78, 5) is 32.6. The van der Waals surface area contributed by atoms with Crippen LogP contribution in [0.2, 0.25) is 0 Å². The first-order valence-corrected chi connectivity index (χ1v) is 11.1. The van der Waals surface area contributed by atoms with E-state index < -0.39 is 0 Å². The maximum absolute atomic E-state index is 13.0. The van der Waals surface area contributed by atoms with Gasteiger partial charge >= 0.3 is 5.69 Å². The predicted molar refractivity (Wildman–Crippen MR) is 127 cm³/mol. The zero-order valence-electron chi connectivity index (χ0n) is 18.6. The number of carbonyl (C=O) groups excluding carboxylic acids is 1. The molecule has 2 aromatic carbocycles. The van der Waals surface area contributed by atoms with Crippen LogP contribution in [0.25, 0.3) is 33.5 Å². The van der Waals surface area contributed by atoms with Crippen molar-refractivity contribution in [2.45, 2.75) is 45.6 Å². The number of fused-ring (bicyclic) bond motifs is 1. The summed E-state index contributed by atoms with van der Waals surface area (Å²) >= 11 is 0. The number of hydrogen-bond acceptors (Lipinski definition) is 3. The van der Waals surface area contributed by atoms with E-state index in [4.69, 9.17) is 0 Å². The summed E-state index contributed by atoms with van der Waals surface area (Å²) in [6.45, 7) is 3.50. The maximum atomic E-state index is 13.0. The Balaban J connectivity index is 1.68. The van der Waals surface area contributed by atoms with E-state index in [-0.39, 0.29) is 17.6 Å². The van der Waals surface area contributed by atoms with E-state index in [2.05, 4.69) is 21.4 Å². The molecule has 1 amide bonds. The number of hydrogen-bond donors (Lipinski definition) is 2. The lowest BCUT2D eigenvalue weighted by atomic mass is 10.0. The van der Waals surface area contributed by atoms with Crippen molar-refractivity contribution in [1.82, 2.24) is 19.1 Å². The van der Waals surface area contributed by atoms with Gasteiger partial charge < -0.3 is 4.98 Å². The Morgan fingerprint density at radius 3 is 2.59 bits per heavy atom. The van der Waals surface area contributed by atoms with Crippen LogP contribution in [0.3, 0.4) is 0 Å². The van der Waals surface area contributed by atoms with E-state index >= 15 is 0 Å². The Labute approximate surface area is 186 Å². The summed E-state index contributed by atoms with van der Waals surface area (Å²) in [5.74, 6) is 0.217. The van der Waals surface area contributed by atoms with Crippen LogP contribution in [0.4, 0.5) is 5.95 Å². The number of aryl methyl sites for hydroxylation is 2. The first-order valence-electron chi connectivity index (χ1n) is 11.1. The van der Waals surface area contributed by atoms with Crippen LogP contribution in [-0.2, 0) is 11.8 Å². The molecule has 0 aliphatic heterocycles. The summed E-state index contributed by atoms with van der Waals surface area (Å²) in [5, 5.41) is 2.75. The lowest BCUT2D eigenvalue weighted by molar-refractivity contribution is -0.114. The Hall–Kier alpha value is -3.61. The minimum absolute atomic E-state index is 0.0338. The average molecular weight is 430 g/mol. The van der Waals surface area contributed by atoms with Gasteiger partial charge in [-0.2, -0.15) is 0 Å². The maximum Gasteiger partial charge on any atom is 0.329 e. The Bertz CT molecular complexity index is 1390. The molecule has 0 saturated heterocycles. The molecule has 0 unspecified atom stereocenters. The molecule has 1 saturated carbocycles. The molecule has 0 radical (unpaired) electrons. The third-order valence-corrected chi connectivity index (χ3v) is 6.36. The Morgan fingerprint density at radius 2 is 1.88 bits per heavy atom. The zero-order chi connectivity index (χ0) is 22.4. The number of imidazole rings is 2. The van der Waals surface area contributed by atoms with Gasteiger partial charge in [0.15, 0.2) is 0 Å². The highest BCUT2D eigenvalue weighted by molar-refractivity contribution is 5.90. The number of aromatic nitrogens is 4. The number of amides is 1. The smallest absolute Gasteiger partial charge is 0.323 e. The van der Waals surface area contributed by atoms with E-state index in [0.29, 0.717) is 5.95 Å². The van der Waals surface area contributed by atoms with Gasteiger partial charge in [-0.3, -0.25) is 19.2 Å². The zero-order valence-corrected chi connectivity index (χ0v) is 18.6. The van der Waals surface area contributed by atoms with Crippen molar-refractivity contribution in [2.24, 2.45) is 7.05 Å². The second-order valence-corrected chi connectivity index (χ2v) is 8.71. The van der Waals surface area contributed by atoms with Gasteiger partial charge in [0.1, 0.15) is 0 Å². The van der Waals surface area contributed by atoms with Crippen LogP contribution in [0.15, 0.2) is 47.3 Å². The molecule has 1 aliphatic carbocycles. The van der Waals surface area contributed by atoms with E-state index in [1.165, 1.54) is 19.8 Å². The normalized spacial score (nSPS) is 14.3. The average Bonchev–Trinajstić information content (AvgIpc) is 3.48. The number of rotatable bonds is 4. The third-order valence-electron chi connectivity index (χ3n) is 6.36. The van der Waals surface area contributed by atoms with Gasteiger partial charge in [0.2, 0.25) is 11.9 Å². The molecule has 32 heavy (non-hydrogen) atoms. The van der Waals surface area contributed by atoms with Crippen LogP contribution >= 0.6 is 0 Å². The van der Waals surface area contributed by atoms with Gasteiger partial charge in [-0.25, -0.2) is 9.78 Å². The lowest BCUT2D eigenvalue weighted by Crippen LogP contribution is -2.24. The van der Waals surface area contributed by atoms with Gasteiger partial charge in [0.25, 0.3) is 0 Å². The summed E-state index contributed by atoms with van der Waals surface area (Å²) < 4.78 is 3.69. The van der Waals surface area contributed by atoms with Gasteiger partial charge in [-0.05, 0) is 38.0 Å². The Morgan fingerprint density at radius 1 is 1.09 bits per heavy atom. The van der Waals surface area contributed by atoms with Crippen molar-refractivity contribution in [2.75, 3.05) is 5.32 Å². The molecule has 2 aromatic heterocycles. The largest absolute Gasteiger partial charge is 0.329 e. The van der Waals surface area contributed by atoms with E-state index in [1.807, 2.05) is 54.9 Å². The van der Waals surface area contributed by atoms with Crippen molar-refractivity contribution in [3.63, 3.8) is 0 Å². The summed E-state index contributed by atoms with van der Waals surface area (Å²) in [5.41, 5.74) is 6.47.